The Morgan fingerprint density at radius 1 is 1.05 bits per heavy atom. The van der Waals surface area contributed by atoms with E-state index in [2.05, 4.69) is 49.0 Å². The molecule has 2 aromatic rings. The van der Waals surface area contributed by atoms with Crippen molar-refractivity contribution in [3.63, 3.8) is 0 Å². The first kappa shape index (κ1) is 15.4. The SMILES string of the molecule is C=Cc1ccccc1-c1ccccc1.CCOC[SiH3]. The number of hydrogen-bond acceptors (Lipinski definition) is 1. The van der Waals surface area contributed by atoms with E-state index in [-0.39, 0.29) is 0 Å². The molecule has 0 bridgehead atoms. The second-order valence-electron chi connectivity index (χ2n) is 3.94. The molecule has 0 aliphatic carbocycles. The molecule has 0 radical (unpaired) electrons. The molecule has 0 fully saturated rings. The molecule has 0 amide bonds. The van der Waals surface area contributed by atoms with E-state index in [9.17, 15) is 0 Å². The third-order valence-corrected chi connectivity index (χ3v) is 3.08. The Hall–Kier alpha value is -1.64. The van der Waals surface area contributed by atoms with E-state index in [1.54, 1.807) is 0 Å². The normalized spacial score (nSPS) is 9.53. The summed E-state index contributed by atoms with van der Waals surface area (Å²) in [5.41, 5.74) is 3.66. The van der Waals surface area contributed by atoms with Crippen LogP contribution in [0.3, 0.4) is 0 Å². The predicted molar refractivity (Wildman–Crippen MR) is 88.4 cm³/mol. The van der Waals surface area contributed by atoms with Crippen molar-refractivity contribution in [2.45, 2.75) is 6.92 Å². The summed E-state index contributed by atoms with van der Waals surface area (Å²) in [7, 11) is 1.18. The summed E-state index contributed by atoms with van der Waals surface area (Å²) in [6.07, 6.45) is 2.87. The summed E-state index contributed by atoms with van der Waals surface area (Å²) in [4.78, 5) is 0. The Bertz CT molecular complexity index is 478. The number of rotatable bonds is 4. The zero-order valence-corrected chi connectivity index (χ0v) is 13.8. The van der Waals surface area contributed by atoms with Crippen molar-refractivity contribution in [3.05, 3.63) is 66.7 Å². The molecule has 0 aliphatic heterocycles. The molecule has 0 aromatic heterocycles. The first-order chi connectivity index (χ1) is 9.33. The lowest BCUT2D eigenvalue weighted by Crippen LogP contribution is -1.89. The molecule has 0 heterocycles. The lowest BCUT2D eigenvalue weighted by atomic mass is 10.00. The van der Waals surface area contributed by atoms with Crippen LogP contribution in [0.5, 0.6) is 0 Å². The lowest BCUT2D eigenvalue weighted by Gasteiger charge is -2.04. The van der Waals surface area contributed by atoms with Crippen LogP contribution in [0.2, 0.25) is 0 Å². The molecule has 2 heteroatoms. The van der Waals surface area contributed by atoms with Crippen molar-refractivity contribution in [1.29, 1.82) is 0 Å². The highest BCUT2D eigenvalue weighted by Gasteiger charge is 1.99. The standard InChI is InChI=1S/C14H12.C3H10OSi/c1-2-12-8-6-7-11-14(12)13-9-4-3-5-10-13;1-2-4-3-5/h2-11H,1H2;2-3H2,1,5H3. The summed E-state index contributed by atoms with van der Waals surface area (Å²) in [5, 5.41) is 0. The molecule has 2 aromatic carbocycles. The number of benzene rings is 2. The molecule has 19 heavy (non-hydrogen) atoms. The first-order valence-electron chi connectivity index (χ1n) is 6.68. The third-order valence-electron chi connectivity index (χ3n) is 2.67. The van der Waals surface area contributed by atoms with Crippen molar-refractivity contribution in [1.82, 2.24) is 0 Å². The van der Waals surface area contributed by atoms with Crippen LogP contribution >= 0.6 is 0 Å². The minimum Gasteiger partial charge on any atom is -0.386 e. The van der Waals surface area contributed by atoms with Gasteiger partial charge in [-0.15, -0.1) is 0 Å². The molecule has 1 nitrogen and oxygen atoms in total. The molecular formula is C17H22OSi. The second kappa shape index (κ2) is 9.31. The molecule has 100 valence electrons. The fourth-order valence-electron chi connectivity index (χ4n) is 1.76. The van der Waals surface area contributed by atoms with Gasteiger partial charge >= 0.3 is 0 Å². The van der Waals surface area contributed by atoms with Crippen molar-refractivity contribution < 1.29 is 4.74 Å². The van der Waals surface area contributed by atoms with Crippen LogP contribution in [0, 0.1) is 0 Å². The molecule has 0 spiro atoms. The smallest absolute Gasteiger partial charge is 0.0433 e. The monoisotopic (exact) mass is 270 g/mol. The third kappa shape index (κ3) is 5.24. The van der Waals surface area contributed by atoms with E-state index in [1.165, 1.54) is 26.9 Å². The summed E-state index contributed by atoms with van der Waals surface area (Å²) in [5.74, 6) is 0. The quantitative estimate of drug-likeness (QED) is 0.774. The van der Waals surface area contributed by atoms with Crippen LogP contribution in [0.25, 0.3) is 17.2 Å². The van der Waals surface area contributed by atoms with Gasteiger partial charge in [0.2, 0.25) is 0 Å². The minimum absolute atomic E-state index is 0.878. The van der Waals surface area contributed by atoms with Crippen LogP contribution in [0.1, 0.15) is 12.5 Å². The Kier molecular flexibility index (Phi) is 7.55. The molecular weight excluding hydrogens is 248 g/mol. The summed E-state index contributed by atoms with van der Waals surface area (Å²) in [6.45, 7) is 6.71. The number of hydrogen-bond donors (Lipinski definition) is 0. The highest BCUT2D eigenvalue weighted by molar-refractivity contribution is 6.08. The maximum absolute atomic E-state index is 4.90. The van der Waals surface area contributed by atoms with E-state index >= 15 is 0 Å². The van der Waals surface area contributed by atoms with Crippen LogP contribution in [0.4, 0.5) is 0 Å². The van der Waals surface area contributed by atoms with Crippen LogP contribution in [-0.4, -0.2) is 23.1 Å². The van der Waals surface area contributed by atoms with E-state index in [4.69, 9.17) is 4.74 Å². The van der Waals surface area contributed by atoms with Gasteiger partial charge in [-0.1, -0.05) is 67.3 Å². The number of ether oxygens (including phenoxy) is 1. The van der Waals surface area contributed by atoms with E-state index in [1.807, 2.05) is 25.1 Å². The molecule has 0 saturated heterocycles. The predicted octanol–water partition coefficient (Wildman–Crippen LogP) is 3.34. The Labute approximate surface area is 119 Å². The van der Waals surface area contributed by atoms with Gasteiger partial charge in [0, 0.05) is 23.1 Å². The fourth-order valence-corrected chi connectivity index (χ4v) is 2.17. The van der Waals surface area contributed by atoms with Gasteiger partial charge in [-0.05, 0) is 23.6 Å². The van der Waals surface area contributed by atoms with Gasteiger partial charge in [0.05, 0.1) is 0 Å². The van der Waals surface area contributed by atoms with E-state index in [0.717, 1.165) is 12.8 Å². The van der Waals surface area contributed by atoms with Crippen molar-refractivity contribution in [3.8, 4) is 11.1 Å². The molecule has 0 unspecified atom stereocenters. The van der Waals surface area contributed by atoms with E-state index < -0.39 is 0 Å². The highest BCUT2D eigenvalue weighted by atomic mass is 28.1. The molecule has 0 aliphatic rings. The zero-order valence-electron chi connectivity index (χ0n) is 11.8. The van der Waals surface area contributed by atoms with Crippen molar-refractivity contribution in [2.24, 2.45) is 0 Å². The Morgan fingerprint density at radius 3 is 2.21 bits per heavy atom. The maximum atomic E-state index is 4.90. The van der Waals surface area contributed by atoms with Gasteiger partial charge in [-0.25, -0.2) is 0 Å². The van der Waals surface area contributed by atoms with Crippen LogP contribution in [0.15, 0.2) is 61.2 Å². The fraction of sp³-hybridized carbons (Fsp3) is 0.176. The average Bonchev–Trinajstić information content (AvgIpc) is 2.49. The van der Waals surface area contributed by atoms with Crippen LogP contribution in [-0.2, 0) is 4.74 Å². The average molecular weight is 270 g/mol. The lowest BCUT2D eigenvalue weighted by molar-refractivity contribution is 0.195. The highest BCUT2D eigenvalue weighted by Crippen LogP contribution is 2.23. The Morgan fingerprint density at radius 2 is 1.68 bits per heavy atom. The van der Waals surface area contributed by atoms with Gasteiger partial charge in [-0.2, -0.15) is 0 Å². The van der Waals surface area contributed by atoms with Gasteiger partial charge in [-0.3, -0.25) is 0 Å². The first-order valence-corrected chi connectivity index (χ1v) is 8.09. The molecule has 0 atom stereocenters. The minimum atomic E-state index is 0.878. The zero-order chi connectivity index (χ0) is 13.9. The largest absolute Gasteiger partial charge is 0.386 e. The van der Waals surface area contributed by atoms with Crippen molar-refractivity contribution >= 4 is 16.3 Å². The second-order valence-corrected chi connectivity index (χ2v) is 4.52. The van der Waals surface area contributed by atoms with Crippen molar-refractivity contribution in [2.75, 3.05) is 12.8 Å². The summed E-state index contributed by atoms with van der Waals surface area (Å²) in [6, 6.07) is 18.6. The maximum Gasteiger partial charge on any atom is 0.0433 e. The topological polar surface area (TPSA) is 9.23 Å². The Balaban J connectivity index is 0.000000312. The van der Waals surface area contributed by atoms with Gasteiger partial charge < -0.3 is 4.74 Å². The van der Waals surface area contributed by atoms with Gasteiger partial charge in [0.15, 0.2) is 0 Å². The molecule has 0 N–H and O–H groups in total. The van der Waals surface area contributed by atoms with E-state index in [0.29, 0.717) is 0 Å². The van der Waals surface area contributed by atoms with Crippen LogP contribution < -0.4 is 0 Å². The van der Waals surface area contributed by atoms with Gasteiger partial charge in [0.1, 0.15) is 0 Å². The molecule has 2 rings (SSSR count). The van der Waals surface area contributed by atoms with Gasteiger partial charge in [0.25, 0.3) is 0 Å². The summed E-state index contributed by atoms with van der Waals surface area (Å²) >= 11 is 0. The summed E-state index contributed by atoms with van der Waals surface area (Å²) < 4.78 is 4.90. The molecule has 0 saturated carbocycles.